The Kier molecular flexibility index (Phi) is 5.07. The fraction of sp³-hybridized carbons (Fsp3) is 0.278. The minimum absolute atomic E-state index is 0.260. The molecule has 26 heavy (non-hydrogen) atoms. The van der Waals surface area contributed by atoms with Gasteiger partial charge in [0.1, 0.15) is 0 Å². The summed E-state index contributed by atoms with van der Waals surface area (Å²) in [6.07, 6.45) is 0. The van der Waals surface area contributed by atoms with Crippen molar-refractivity contribution < 1.29 is 4.79 Å². The van der Waals surface area contributed by atoms with Crippen molar-refractivity contribution in [3.05, 3.63) is 62.6 Å². The number of benzene rings is 1. The van der Waals surface area contributed by atoms with Gasteiger partial charge in [-0.2, -0.15) is 10.2 Å². The summed E-state index contributed by atoms with van der Waals surface area (Å²) in [7, 11) is 1.80. The lowest BCUT2D eigenvalue weighted by atomic mass is 10.2. The zero-order chi connectivity index (χ0) is 19.0. The summed E-state index contributed by atoms with van der Waals surface area (Å²) >= 11 is 12.2. The Morgan fingerprint density at radius 1 is 1.15 bits per heavy atom. The molecule has 0 fully saturated rings. The first kappa shape index (κ1) is 18.5. The van der Waals surface area contributed by atoms with Crippen LogP contribution < -0.4 is 5.32 Å². The van der Waals surface area contributed by atoms with E-state index in [1.807, 2.05) is 31.5 Å². The minimum Gasteiger partial charge on any atom is -0.317 e. The van der Waals surface area contributed by atoms with E-state index < -0.39 is 0 Å². The Morgan fingerprint density at radius 2 is 1.88 bits per heavy atom. The monoisotopic (exact) mass is 391 g/mol. The van der Waals surface area contributed by atoms with Crippen molar-refractivity contribution in [2.24, 2.45) is 7.05 Å². The van der Waals surface area contributed by atoms with Crippen LogP contribution in [0.15, 0.2) is 24.3 Å². The third-order valence-electron chi connectivity index (χ3n) is 4.30. The summed E-state index contributed by atoms with van der Waals surface area (Å²) in [5.41, 5.74) is 4.44. The van der Waals surface area contributed by atoms with Crippen molar-refractivity contribution in [3.8, 4) is 0 Å². The maximum absolute atomic E-state index is 12.5. The van der Waals surface area contributed by atoms with Gasteiger partial charge in [0.15, 0.2) is 5.69 Å². The molecule has 0 aliphatic rings. The number of nitrogens with zero attached hydrogens (tertiary/aromatic N) is 4. The quantitative estimate of drug-likeness (QED) is 0.726. The van der Waals surface area contributed by atoms with Crippen molar-refractivity contribution in [1.82, 2.24) is 19.6 Å². The van der Waals surface area contributed by atoms with Gasteiger partial charge in [-0.1, -0.05) is 29.3 Å². The number of anilines is 1. The van der Waals surface area contributed by atoms with Gasteiger partial charge in [0, 0.05) is 22.8 Å². The van der Waals surface area contributed by atoms with Gasteiger partial charge in [0.05, 0.1) is 23.6 Å². The number of aromatic nitrogens is 4. The molecular formula is C18H19Cl2N5O. The fourth-order valence-corrected chi connectivity index (χ4v) is 3.16. The largest absolute Gasteiger partial charge is 0.317 e. The van der Waals surface area contributed by atoms with Gasteiger partial charge in [-0.3, -0.25) is 14.2 Å². The van der Waals surface area contributed by atoms with Crippen LogP contribution in [0, 0.1) is 20.8 Å². The minimum atomic E-state index is -0.260. The molecule has 0 atom stereocenters. The highest BCUT2D eigenvalue weighted by atomic mass is 35.5. The van der Waals surface area contributed by atoms with E-state index >= 15 is 0 Å². The second-order valence-electron chi connectivity index (χ2n) is 6.19. The van der Waals surface area contributed by atoms with Crippen molar-refractivity contribution in [2.75, 3.05) is 5.32 Å². The Labute approximate surface area is 161 Å². The molecule has 3 aromatic rings. The van der Waals surface area contributed by atoms with Crippen molar-refractivity contribution >= 4 is 34.8 Å². The molecule has 2 heterocycles. The Morgan fingerprint density at radius 3 is 2.50 bits per heavy atom. The van der Waals surface area contributed by atoms with Crippen LogP contribution in [0.5, 0.6) is 0 Å². The molecule has 136 valence electrons. The molecule has 6 nitrogen and oxygen atoms in total. The molecule has 1 amide bonds. The van der Waals surface area contributed by atoms with Gasteiger partial charge in [-0.25, -0.2) is 0 Å². The molecule has 1 N–H and O–H groups in total. The van der Waals surface area contributed by atoms with Gasteiger partial charge in [0.2, 0.25) is 0 Å². The average molecular weight is 392 g/mol. The van der Waals surface area contributed by atoms with E-state index in [1.54, 1.807) is 29.9 Å². The van der Waals surface area contributed by atoms with Crippen LogP contribution in [0.2, 0.25) is 10.0 Å². The van der Waals surface area contributed by atoms with Crippen LogP contribution in [0.1, 0.15) is 33.1 Å². The second kappa shape index (κ2) is 7.13. The third kappa shape index (κ3) is 3.61. The highest BCUT2D eigenvalue weighted by molar-refractivity contribution is 6.35. The number of halogens is 2. The Balaban J connectivity index is 1.84. The van der Waals surface area contributed by atoms with Gasteiger partial charge < -0.3 is 5.32 Å². The maximum atomic E-state index is 12.5. The number of carbonyl (C=O) groups excluding carboxylic acids is 1. The number of nitrogens with one attached hydrogen (secondary N) is 1. The first-order valence-electron chi connectivity index (χ1n) is 8.06. The summed E-state index contributed by atoms with van der Waals surface area (Å²) in [5.74, 6) is -0.260. The number of carbonyl (C=O) groups is 1. The molecule has 0 radical (unpaired) electrons. The summed E-state index contributed by atoms with van der Waals surface area (Å²) in [5, 5.41) is 12.8. The smallest absolute Gasteiger partial charge is 0.276 e. The van der Waals surface area contributed by atoms with E-state index in [0.717, 1.165) is 22.6 Å². The van der Waals surface area contributed by atoms with Crippen LogP contribution in [0.4, 0.5) is 5.69 Å². The SMILES string of the molecule is Cc1nn(Cc2ccc(Cl)cc2Cl)c(C)c1NC(=O)c1cc(C)n(C)n1. The fourth-order valence-electron chi connectivity index (χ4n) is 2.69. The van der Waals surface area contributed by atoms with Gasteiger partial charge in [-0.15, -0.1) is 0 Å². The standard InChI is InChI=1S/C18H19Cl2N5O/c1-10-7-16(23-24(10)4)18(26)21-17-11(2)22-25(12(17)3)9-13-5-6-14(19)8-15(13)20/h5-8H,9H2,1-4H3,(H,21,26). The van der Waals surface area contributed by atoms with Crippen molar-refractivity contribution in [2.45, 2.75) is 27.3 Å². The normalized spacial score (nSPS) is 11.0. The molecule has 8 heteroatoms. The van der Waals surface area contributed by atoms with Crippen LogP contribution in [-0.2, 0) is 13.6 Å². The summed E-state index contributed by atoms with van der Waals surface area (Å²) in [6, 6.07) is 7.12. The number of rotatable bonds is 4. The second-order valence-corrected chi connectivity index (χ2v) is 7.03. The van der Waals surface area contributed by atoms with Crippen molar-refractivity contribution in [3.63, 3.8) is 0 Å². The van der Waals surface area contributed by atoms with E-state index in [1.165, 1.54) is 0 Å². The van der Waals surface area contributed by atoms with Crippen molar-refractivity contribution in [1.29, 1.82) is 0 Å². The summed E-state index contributed by atoms with van der Waals surface area (Å²) in [4.78, 5) is 12.5. The molecule has 0 saturated carbocycles. The number of hydrogen-bond donors (Lipinski definition) is 1. The van der Waals surface area contributed by atoms with Gasteiger partial charge in [-0.05, 0) is 44.5 Å². The van der Waals surface area contributed by atoms with Crippen LogP contribution >= 0.6 is 23.2 Å². The number of amides is 1. The molecule has 3 rings (SSSR count). The van der Waals surface area contributed by atoms with E-state index in [0.29, 0.717) is 28.0 Å². The third-order valence-corrected chi connectivity index (χ3v) is 4.89. The molecule has 0 spiro atoms. The zero-order valence-corrected chi connectivity index (χ0v) is 16.5. The highest BCUT2D eigenvalue weighted by Gasteiger charge is 2.18. The Hall–Kier alpha value is -2.31. The van der Waals surface area contributed by atoms with E-state index in [-0.39, 0.29) is 5.91 Å². The van der Waals surface area contributed by atoms with E-state index in [4.69, 9.17) is 23.2 Å². The predicted molar refractivity (Wildman–Crippen MR) is 103 cm³/mol. The van der Waals surface area contributed by atoms with Crippen LogP contribution in [-0.4, -0.2) is 25.5 Å². The lowest BCUT2D eigenvalue weighted by Crippen LogP contribution is -2.14. The molecule has 0 aliphatic carbocycles. The first-order valence-corrected chi connectivity index (χ1v) is 8.81. The van der Waals surface area contributed by atoms with E-state index in [2.05, 4.69) is 15.5 Å². The number of hydrogen-bond acceptors (Lipinski definition) is 3. The highest BCUT2D eigenvalue weighted by Crippen LogP contribution is 2.25. The summed E-state index contributed by atoms with van der Waals surface area (Å²) in [6.45, 7) is 6.14. The molecule has 2 aromatic heterocycles. The zero-order valence-electron chi connectivity index (χ0n) is 15.0. The lowest BCUT2D eigenvalue weighted by molar-refractivity contribution is 0.102. The topological polar surface area (TPSA) is 64.7 Å². The number of aryl methyl sites for hydroxylation is 3. The van der Waals surface area contributed by atoms with Crippen LogP contribution in [0.25, 0.3) is 0 Å². The predicted octanol–water partition coefficient (Wildman–Crippen LogP) is 4.15. The van der Waals surface area contributed by atoms with E-state index in [9.17, 15) is 4.79 Å². The first-order chi connectivity index (χ1) is 12.3. The summed E-state index contributed by atoms with van der Waals surface area (Å²) < 4.78 is 3.48. The molecule has 0 unspecified atom stereocenters. The van der Waals surface area contributed by atoms with Crippen LogP contribution in [0.3, 0.4) is 0 Å². The average Bonchev–Trinajstić information content (AvgIpc) is 3.04. The van der Waals surface area contributed by atoms with Gasteiger partial charge >= 0.3 is 0 Å². The molecule has 0 saturated heterocycles. The van der Waals surface area contributed by atoms with Gasteiger partial charge in [0.25, 0.3) is 5.91 Å². The molecule has 0 aliphatic heterocycles. The lowest BCUT2D eigenvalue weighted by Gasteiger charge is -2.08. The maximum Gasteiger partial charge on any atom is 0.276 e. The molecule has 1 aromatic carbocycles. The Bertz CT molecular complexity index is 970. The molecular weight excluding hydrogens is 373 g/mol. The molecule has 0 bridgehead atoms.